The summed E-state index contributed by atoms with van der Waals surface area (Å²) in [4.78, 5) is 13.1. The molecule has 1 aliphatic heterocycles. The fourth-order valence-electron chi connectivity index (χ4n) is 4.31. The topological polar surface area (TPSA) is 130 Å². The van der Waals surface area contributed by atoms with E-state index in [1.54, 1.807) is 30.9 Å². The van der Waals surface area contributed by atoms with E-state index in [2.05, 4.69) is 21.4 Å². The Kier molecular flexibility index (Phi) is 4.56. The molecule has 3 aromatic heterocycles. The number of ether oxygens (including phenoxy) is 1. The zero-order valence-corrected chi connectivity index (χ0v) is 18.7. The van der Waals surface area contributed by atoms with Gasteiger partial charge in [-0.15, -0.1) is 10.2 Å². The standard InChI is InChI=1S/C23H22N8O2/c1-12-5-6-14-15(7-12)13(2)33-20-8-16(26-27-22(20)25)21-17(28-30(4)18(21)9-24)10-31-19(14)11-29(3)23(31)32/h5-8,11,13H,10H2,1-4H3,(H2,25,27)/t13-/m1/s1. The van der Waals surface area contributed by atoms with Crippen molar-refractivity contribution in [3.8, 4) is 34.3 Å². The first-order valence-corrected chi connectivity index (χ1v) is 10.4. The normalized spacial score (nSPS) is 14.7. The fourth-order valence-corrected chi connectivity index (χ4v) is 4.31. The minimum Gasteiger partial charge on any atom is -0.482 e. The van der Waals surface area contributed by atoms with E-state index in [1.807, 2.05) is 32.0 Å². The number of hydrogen-bond acceptors (Lipinski definition) is 7. The van der Waals surface area contributed by atoms with Crippen LogP contribution in [0.2, 0.25) is 0 Å². The zero-order valence-electron chi connectivity index (χ0n) is 18.7. The number of anilines is 1. The third-order valence-electron chi connectivity index (χ3n) is 5.94. The summed E-state index contributed by atoms with van der Waals surface area (Å²) in [6.45, 7) is 4.08. The quantitative estimate of drug-likeness (QED) is 0.442. The van der Waals surface area contributed by atoms with Crippen LogP contribution < -0.4 is 16.2 Å². The number of nitriles is 1. The SMILES string of the molecule is Cc1ccc2c(c1)[C@@H](C)Oc1cc(nnc1N)-c1c(nn(C)c1C#N)Cn1c-2cn(C)c1=O. The molecular formula is C23H22N8O2. The number of hydrogen-bond donors (Lipinski definition) is 1. The van der Waals surface area contributed by atoms with Crippen molar-refractivity contribution < 1.29 is 4.74 Å². The van der Waals surface area contributed by atoms with Gasteiger partial charge in [-0.3, -0.25) is 9.25 Å². The Morgan fingerprint density at radius 2 is 2.03 bits per heavy atom. The van der Waals surface area contributed by atoms with Gasteiger partial charge in [-0.25, -0.2) is 4.79 Å². The lowest BCUT2D eigenvalue weighted by Crippen LogP contribution is -2.24. The summed E-state index contributed by atoms with van der Waals surface area (Å²) in [6.07, 6.45) is 1.40. The Morgan fingerprint density at radius 1 is 1.24 bits per heavy atom. The average molecular weight is 442 g/mol. The van der Waals surface area contributed by atoms with Crippen LogP contribution in [-0.2, 0) is 20.6 Å². The van der Waals surface area contributed by atoms with Gasteiger partial charge in [0.1, 0.15) is 23.6 Å². The molecule has 2 N–H and O–H groups in total. The second-order valence-electron chi connectivity index (χ2n) is 8.23. The predicted octanol–water partition coefficient (Wildman–Crippen LogP) is 2.31. The van der Waals surface area contributed by atoms with Gasteiger partial charge in [-0.05, 0) is 13.8 Å². The number of aromatic nitrogens is 6. The number of nitrogens with zero attached hydrogens (tertiary/aromatic N) is 7. The highest BCUT2D eigenvalue weighted by Crippen LogP contribution is 2.36. The van der Waals surface area contributed by atoms with Crippen molar-refractivity contribution in [2.24, 2.45) is 14.1 Å². The summed E-state index contributed by atoms with van der Waals surface area (Å²) in [6, 6.07) is 9.88. The smallest absolute Gasteiger partial charge is 0.328 e. The first kappa shape index (κ1) is 20.5. The summed E-state index contributed by atoms with van der Waals surface area (Å²) in [5.41, 5.74) is 11.2. The molecule has 1 atom stereocenters. The average Bonchev–Trinajstić information content (AvgIpc) is 3.25. The van der Waals surface area contributed by atoms with E-state index >= 15 is 0 Å². The predicted molar refractivity (Wildman–Crippen MR) is 121 cm³/mol. The van der Waals surface area contributed by atoms with Crippen molar-refractivity contribution >= 4 is 5.82 Å². The Labute approximate surface area is 189 Å². The molecule has 0 amide bonds. The molecule has 0 radical (unpaired) electrons. The van der Waals surface area contributed by atoms with Crippen LogP contribution in [0.1, 0.15) is 35.5 Å². The first-order chi connectivity index (χ1) is 15.8. The molecule has 10 nitrogen and oxygen atoms in total. The van der Waals surface area contributed by atoms with Gasteiger partial charge in [0.05, 0.1) is 23.5 Å². The number of nitrogens with two attached hydrogens (primary N) is 1. The minimum absolute atomic E-state index is 0.150. The Morgan fingerprint density at radius 3 is 2.79 bits per heavy atom. The maximum absolute atomic E-state index is 13.1. The van der Waals surface area contributed by atoms with Gasteiger partial charge in [0.25, 0.3) is 0 Å². The van der Waals surface area contributed by atoms with Crippen molar-refractivity contribution in [3.05, 3.63) is 63.5 Å². The number of fused-ring (bicyclic) bond motifs is 7. The van der Waals surface area contributed by atoms with Crippen LogP contribution in [-0.4, -0.2) is 29.1 Å². The molecule has 4 heterocycles. The van der Waals surface area contributed by atoms with Gasteiger partial charge in [0.15, 0.2) is 11.6 Å². The lowest BCUT2D eigenvalue weighted by Gasteiger charge is -2.21. The molecule has 1 aliphatic rings. The van der Waals surface area contributed by atoms with E-state index in [0.717, 1.165) is 22.4 Å². The molecular weight excluding hydrogens is 420 g/mol. The van der Waals surface area contributed by atoms with E-state index in [1.165, 1.54) is 9.25 Å². The molecule has 5 rings (SSSR count). The van der Waals surface area contributed by atoms with Crippen LogP contribution in [0.4, 0.5) is 5.82 Å². The molecule has 0 saturated carbocycles. The van der Waals surface area contributed by atoms with Crippen molar-refractivity contribution in [1.82, 2.24) is 29.1 Å². The third-order valence-corrected chi connectivity index (χ3v) is 5.94. The highest BCUT2D eigenvalue weighted by atomic mass is 16.5. The fraction of sp³-hybridized carbons (Fsp3) is 0.261. The van der Waals surface area contributed by atoms with Crippen molar-refractivity contribution in [3.63, 3.8) is 0 Å². The second kappa shape index (κ2) is 7.34. The van der Waals surface area contributed by atoms with E-state index in [9.17, 15) is 10.1 Å². The molecule has 0 fully saturated rings. The van der Waals surface area contributed by atoms with Crippen LogP contribution in [0.5, 0.6) is 5.75 Å². The highest BCUT2D eigenvalue weighted by Gasteiger charge is 2.26. The highest BCUT2D eigenvalue weighted by molar-refractivity contribution is 5.72. The van der Waals surface area contributed by atoms with Gasteiger partial charge in [-0.1, -0.05) is 23.8 Å². The molecule has 1 aromatic carbocycles. The number of rotatable bonds is 0. The molecule has 0 saturated heterocycles. The van der Waals surface area contributed by atoms with Crippen molar-refractivity contribution in [2.45, 2.75) is 26.5 Å². The molecule has 166 valence electrons. The monoisotopic (exact) mass is 442 g/mol. The van der Waals surface area contributed by atoms with Gasteiger partial charge in [0, 0.05) is 37.5 Å². The summed E-state index contributed by atoms with van der Waals surface area (Å²) < 4.78 is 10.9. The first-order valence-electron chi connectivity index (χ1n) is 10.4. The molecule has 0 spiro atoms. The number of benzene rings is 1. The van der Waals surface area contributed by atoms with Crippen LogP contribution in [0, 0.1) is 18.3 Å². The summed E-state index contributed by atoms with van der Waals surface area (Å²) in [5.74, 6) is 0.516. The van der Waals surface area contributed by atoms with Crippen LogP contribution >= 0.6 is 0 Å². The maximum Gasteiger partial charge on any atom is 0.328 e. The lowest BCUT2D eigenvalue weighted by atomic mass is 9.98. The van der Waals surface area contributed by atoms with Gasteiger partial charge in [-0.2, -0.15) is 10.4 Å². The van der Waals surface area contributed by atoms with Crippen molar-refractivity contribution in [1.29, 1.82) is 5.26 Å². The summed E-state index contributed by atoms with van der Waals surface area (Å²) >= 11 is 0. The molecule has 0 aliphatic carbocycles. The van der Waals surface area contributed by atoms with Gasteiger partial charge >= 0.3 is 5.69 Å². The van der Waals surface area contributed by atoms with Crippen LogP contribution in [0.25, 0.3) is 22.5 Å². The van der Waals surface area contributed by atoms with E-state index < -0.39 is 6.10 Å². The van der Waals surface area contributed by atoms with Crippen LogP contribution in [0.3, 0.4) is 0 Å². The Bertz CT molecular complexity index is 1520. The minimum atomic E-state index is -0.397. The maximum atomic E-state index is 13.1. The Hall–Kier alpha value is -4.39. The van der Waals surface area contributed by atoms with Crippen LogP contribution in [0.15, 0.2) is 35.3 Å². The van der Waals surface area contributed by atoms with E-state index in [-0.39, 0.29) is 18.1 Å². The van der Waals surface area contributed by atoms with E-state index in [4.69, 9.17) is 10.5 Å². The Balaban J connectivity index is 1.88. The zero-order chi connectivity index (χ0) is 23.4. The number of nitrogen functional groups attached to an aromatic ring is 1. The largest absolute Gasteiger partial charge is 0.482 e. The van der Waals surface area contributed by atoms with Gasteiger partial charge in [0.2, 0.25) is 0 Å². The van der Waals surface area contributed by atoms with Gasteiger partial charge < -0.3 is 15.0 Å². The number of imidazole rings is 1. The molecule has 33 heavy (non-hydrogen) atoms. The number of aryl methyl sites for hydroxylation is 3. The lowest BCUT2D eigenvalue weighted by molar-refractivity contribution is 0.228. The second-order valence-corrected chi connectivity index (χ2v) is 8.23. The molecule has 0 unspecified atom stereocenters. The molecule has 10 heteroatoms. The van der Waals surface area contributed by atoms with Crippen molar-refractivity contribution in [2.75, 3.05) is 5.73 Å². The summed E-state index contributed by atoms with van der Waals surface area (Å²) in [7, 11) is 3.39. The molecule has 2 bridgehead atoms. The summed E-state index contributed by atoms with van der Waals surface area (Å²) in [5, 5.41) is 22.6. The molecule has 4 aromatic rings. The van der Waals surface area contributed by atoms with E-state index in [0.29, 0.717) is 28.4 Å². The third kappa shape index (κ3) is 3.17.